The lowest BCUT2D eigenvalue weighted by atomic mass is 10.2. The predicted molar refractivity (Wildman–Crippen MR) is 58.4 cm³/mol. The van der Waals surface area contributed by atoms with Gasteiger partial charge < -0.3 is 9.47 Å². The molecule has 1 rings (SSSR count). The number of hydrogen-bond donors (Lipinski definition) is 1. The highest BCUT2D eigenvalue weighted by Crippen LogP contribution is 2.23. The zero-order chi connectivity index (χ0) is 11.3. The first kappa shape index (κ1) is 11.7. The van der Waals surface area contributed by atoms with Crippen molar-refractivity contribution in [3.63, 3.8) is 0 Å². The minimum Gasteiger partial charge on any atom is -0.497 e. The number of benzene rings is 1. The topological polar surface area (TPSA) is 47.6 Å². The van der Waals surface area contributed by atoms with Gasteiger partial charge in [0.05, 0.1) is 25.0 Å². The van der Waals surface area contributed by atoms with Gasteiger partial charge in [0.1, 0.15) is 5.75 Å². The van der Waals surface area contributed by atoms with Crippen LogP contribution in [0, 0.1) is 0 Å². The molecule has 0 radical (unpaired) electrons. The lowest BCUT2D eigenvalue weighted by Crippen LogP contribution is -2.07. The molecule has 0 saturated heterocycles. The number of carbonyl (C=O) groups is 1. The van der Waals surface area contributed by atoms with Crippen molar-refractivity contribution in [1.82, 2.24) is 0 Å². The van der Waals surface area contributed by atoms with Gasteiger partial charge in [-0.2, -0.15) is 0 Å². The van der Waals surface area contributed by atoms with Gasteiger partial charge in [-0.3, -0.25) is 4.84 Å². The van der Waals surface area contributed by atoms with E-state index in [-0.39, 0.29) is 0 Å². The zero-order valence-electron chi connectivity index (χ0n) is 8.54. The highest BCUT2D eigenvalue weighted by Gasteiger charge is 2.13. The Bertz CT molecular complexity index is 355. The molecule has 0 aliphatic heterocycles. The first-order valence-electron chi connectivity index (χ1n) is 4.44. The maximum absolute atomic E-state index is 11.5. The Morgan fingerprint density at radius 3 is 2.80 bits per heavy atom. The number of carbonyl (C=O) groups excluding carboxylic acids is 1. The monoisotopic (exact) mass is 229 g/mol. The van der Waals surface area contributed by atoms with E-state index < -0.39 is 5.97 Å². The summed E-state index contributed by atoms with van der Waals surface area (Å²) >= 11 is 5.47. The molecule has 0 aliphatic rings. The second-order valence-corrected chi connectivity index (χ2v) is 2.92. The number of halogens is 1. The van der Waals surface area contributed by atoms with Gasteiger partial charge in [0.2, 0.25) is 0 Å². The number of methoxy groups -OCH3 is 1. The van der Waals surface area contributed by atoms with Crippen molar-refractivity contribution in [3.8, 4) is 5.75 Å². The SMILES string of the molecule is CCOC(=O)c1cc(OC)ccc1NCl. The maximum atomic E-state index is 11.5. The van der Waals surface area contributed by atoms with Crippen molar-refractivity contribution < 1.29 is 14.3 Å². The number of esters is 1. The van der Waals surface area contributed by atoms with Crippen molar-refractivity contribution in [3.05, 3.63) is 23.8 Å². The highest BCUT2D eigenvalue weighted by atomic mass is 35.5. The van der Waals surface area contributed by atoms with E-state index >= 15 is 0 Å². The van der Waals surface area contributed by atoms with Crippen molar-refractivity contribution in [1.29, 1.82) is 0 Å². The Morgan fingerprint density at radius 2 is 2.27 bits per heavy atom. The van der Waals surface area contributed by atoms with Crippen LogP contribution in [0.4, 0.5) is 5.69 Å². The minimum atomic E-state index is -0.431. The second kappa shape index (κ2) is 5.46. The second-order valence-electron chi connectivity index (χ2n) is 2.73. The smallest absolute Gasteiger partial charge is 0.340 e. The molecule has 5 heteroatoms. The number of anilines is 1. The van der Waals surface area contributed by atoms with Gasteiger partial charge in [0.15, 0.2) is 0 Å². The molecule has 1 aromatic carbocycles. The fourth-order valence-corrected chi connectivity index (χ4v) is 1.28. The third kappa shape index (κ3) is 2.76. The molecule has 0 fully saturated rings. The Morgan fingerprint density at radius 1 is 1.53 bits per heavy atom. The van der Waals surface area contributed by atoms with Crippen LogP contribution in [0.2, 0.25) is 0 Å². The van der Waals surface area contributed by atoms with E-state index in [2.05, 4.69) is 4.84 Å². The van der Waals surface area contributed by atoms with Gasteiger partial charge >= 0.3 is 5.97 Å². The van der Waals surface area contributed by atoms with Crippen LogP contribution >= 0.6 is 11.8 Å². The molecule has 0 bridgehead atoms. The Labute approximate surface area is 93.2 Å². The van der Waals surface area contributed by atoms with Gasteiger partial charge in [-0.15, -0.1) is 0 Å². The molecule has 0 heterocycles. The van der Waals surface area contributed by atoms with Crippen LogP contribution in [-0.4, -0.2) is 19.7 Å². The molecule has 82 valence electrons. The molecule has 0 spiro atoms. The van der Waals surface area contributed by atoms with Crippen molar-refractivity contribution in [2.75, 3.05) is 18.6 Å². The first-order chi connectivity index (χ1) is 7.22. The molecular formula is C10H12ClNO3. The van der Waals surface area contributed by atoms with E-state index in [0.717, 1.165) is 0 Å². The predicted octanol–water partition coefficient (Wildman–Crippen LogP) is 2.44. The zero-order valence-corrected chi connectivity index (χ0v) is 9.30. The summed E-state index contributed by atoms with van der Waals surface area (Å²) in [6.45, 7) is 2.06. The summed E-state index contributed by atoms with van der Waals surface area (Å²) in [6.07, 6.45) is 0. The van der Waals surface area contributed by atoms with Crippen LogP contribution in [0.1, 0.15) is 17.3 Å². The van der Waals surface area contributed by atoms with E-state index in [9.17, 15) is 4.79 Å². The van der Waals surface area contributed by atoms with E-state index in [1.54, 1.807) is 25.1 Å². The Hall–Kier alpha value is -1.42. The van der Waals surface area contributed by atoms with Crippen LogP contribution in [0.25, 0.3) is 0 Å². The lowest BCUT2D eigenvalue weighted by molar-refractivity contribution is 0.0527. The van der Waals surface area contributed by atoms with Crippen LogP contribution < -0.4 is 9.57 Å². The fourth-order valence-electron chi connectivity index (χ4n) is 1.11. The average Bonchev–Trinajstić information content (AvgIpc) is 2.28. The third-order valence-corrected chi connectivity index (χ3v) is 2.03. The largest absolute Gasteiger partial charge is 0.497 e. The van der Waals surface area contributed by atoms with Gasteiger partial charge in [-0.05, 0) is 25.1 Å². The molecule has 4 nitrogen and oxygen atoms in total. The Balaban J connectivity index is 3.05. The number of ether oxygens (including phenoxy) is 2. The number of hydrogen-bond acceptors (Lipinski definition) is 4. The molecular weight excluding hydrogens is 218 g/mol. The summed E-state index contributed by atoms with van der Waals surface area (Å²) < 4.78 is 9.88. The summed E-state index contributed by atoms with van der Waals surface area (Å²) in [5.74, 6) is 0.147. The maximum Gasteiger partial charge on any atom is 0.340 e. The molecule has 1 aromatic rings. The van der Waals surface area contributed by atoms with Crippen molar-refractivity contribution >= 4 is 23.4 Å². The molecule has 15 heavy (non-hydrogen) atoms. The van der Waals surface area contributed by atoms with Crippen molar-refractivity contribution in [2.45, 2.75) is 6.92 Å². The molecule has 0 aromatic heterocycles. The first-order valence-corrected chi connectivity index (χ1v) is 4.82. The van der Waals surface area contributed by atoms with Crippen LogP contribution in [-0.2, 0) is 4.74 Å². The summed E-state index contributed by atoms with van der Waals surface area (Å²) in [5.41, 5.74) is 0.849. The summed E-state index contributed by atoms with van der Waals surface area (Å²) in [7, 11) is 1.53. The van der Waals surface area contributed by atoms with Gasteiger partial charge in [-0.25, -0.2) is 4.79 Å². The van der Waals surface area contributed by atoms with Crippen LogP contribution in [0.5, 0.6) is 5.75 Å². The molecule has 0 amide bonds. The summed E-state index contributed by atoms with van der Waals surface area (Å²) in [6, 6.07) is 4.92. The molecule has 0 saturated carbocycles. The standard InChI is InChI=1S/C10H12ClNO3/c1-3-15-10(13)8-6-7(14-2)4-5-9(8)12-11/h4-6,12H,3H2,1-2H3. The van der Waals surface area contributed by atoms with Crippen LogP contribution in [0.3, 0.4) is 0 Å². The normalized spacial score (nSPS) is 9.53. The lowest BCUT2D eigenvalue weighted by Gasteiger charge is -2.08. The van der Waals surface area contributed by atoms with E-state index in [0.29, 0.717) is 23.6 Å². The Kier molecular flexibility index (Phi) is 4.24. The number of nitrogens with one attached hydrogen (secondary N) is 1. The highest BCUT2D eigenvalue weighted by molar-refractivity contribution is 6.25. The van der Waals surface area contributed by atoms with Gasteiger partial charge in [0, 0.05) is 11.8 Å². The molecule has 1 N–H and O–H groups in total. The third-order valence-electron chi connectivity index (χ3n) is 1.82. The van der Waals surface area contributed by atoms with Crippen molar-refractivity contribution in [2.24, 2.45) is 0 Å². The van der Waals surface area contributed by atoms with Gasteiger partial charge in [0.25, 0.3) is 0 Å². The van der Waals surface area contributed by atoms with Gasteiger partial charge in [-0.1, -0.05) is 0 Å². The molecule has 0 atom stereocenters. The van der Waals surface area contributed by atoms with E-state index in [1.165, 1.54) is 7.11 Å². The summed E-state index contributed by atoms with van der Waals surface area (Å²) in [5, 5.41) is 0. The minimum absolute atomic E-state index is 0.317. The molecule has 0 aliphatic carbocycles. The summed E-state index contributed by atoms with van der Waals surface area (Å²) in [4.78, 5) is 13.9. The fraction of sp³-hybridized carbons (Fsp3) is 0.300. The average molecular weight is 230 g/mol. The van der Waals surface area contributed by atoms with E-state index in [1.807, 2.05) is 0 Å². The quantitative estimate of drug-likeness (QED) is 0.636. The van der Waals surface area contributed by atoms with E-state index in [4.69, 9.17) is 21.3 Å². The van der Waals surface area contributed by atoms with Crippen LogP contribution in [0.15, 0.2) is 18.2 Å². The molecule has 0 unspecified atom stereocenters. The number of rotatable bonds is 4.